The number of halogens is 1. The molecule has 8 heteroatoms. The third kappa shape index (κ3) is 4.05. The maximum Gasteiger partial charge on any atom is 0.208 e. The van der Waals surface area contributed by atoms with Gasteiger partial charge in [-0.2, -0.15) is 0 Å². The molecule has 0 fully saturated rings. The van der Waals surface area contributed by atoms with E-state index >= 15 is 0 Å². The average Bonchev–Trinajstić information content (AvgIpc) is 3.12. The van der Waals surface area contributed by atoms with Gasteiger partial charge in [-0.25, -0.2) is 4.98 Å². The molecule has 0 unspecified atom stereocenters. The number of hydrogen-bond donors (Lipinski definition) is 1. The first-order valence-corrected chi connectivity index (χ1v) is 8.32. The smallest absolute Gasteiger partial charge is 0.208 e. The minimum absolute atomic E-state index is 0.320. The number of aromatic nitrogens is 4. The van der Waals surface area contributed by atoms with Gasteiger partial charge in [0.1, 0.15) is 18.1 Å². The van der Waals surface area contributed by atoms with E-state index < -0.39 is 0 Å². The molecular formula is C15H15ClN4O2S. The fraction of sp³-hybridized carbons (Fsp3) is 0.267. The molecule has 3 rings (SSSR count). The maximum absolute atomic E-state index is 5.83. The molecule has 1 N–H and O–H groups in total. The van der Waals surface area contributed by atoms with Gasteiger partial charge in [-0.15, -0.1) is 5.10 Å². The molecule has 0 saturated heterocycles. The predicted molar refractivity (Wildman–Crippen MR) is 87.7 cm³/mol. The Bertz CT molecular complexity index is 766. The molecular weight excluding hydrogens is 336 g/mol. The van der Waals surface area contributed by atoms with Crippen molar-refractivity contribution in [1.82, 2.24) is 20.3 Å². The molecule has 0 radical (unpaired) electrons. The second-order valence-electron chi connectivity index (χ2n) is 4.90. The Morgan fingerprint density at radius 2 is 2.04 bits per heavy atom. The van der Waals surface area contributed by atoms with Gasteiger partial charge in [0.05, 0.1) is 5.69 Å². The summed E-state index contributed by atoms with van der Waals surface area (Å²) < 4.78 is 10.8. The summed E-state index contributed by atoms with van der Waals surface area (Å²) in [7, 11) is 0. The first-order valence-electron chi connectivity index (χ1n) is 6.96. The molecule has 0 aliphatic carbocycles. The lowest BCUT2D eigenvalue weighted by molar-refractivity contribution is 0.296. The van der Waals surface area contributed by atoms with E-state index in [2.05, 4.69) is 20.3 Å². The number of ether oxygens (including phenoxy) is 1. The van der Waals surface area contributed by atoms with Crippen molar-refractivity contribution in [3.8, 4) is 5.75 Å². The molecule has 120 valence electrons. The lowest BCUT2D eigenvalue weighted by Gasteiger charge is -2.03. The van der Waals surface area contributed by atoms with E-state index in [0.717, 1.165) is 28.5 Å². The highest BCUT2D eigenvalue weighted by molar-refractivity contribution is 7.98. The standard InChI is InChI=1S/C15H15ClN4O2S/c1-9-13(10(2)22-20-9)8-23-15-17-14(18-19-15)7-21-12-5-3-11(16)4-6-12/h3-6H,7-8H2,1-2H3,(H,17,18,19). The van der Waals surface area contributed by atoms with Crippen LogP contribution in [0, 0.1) is 13.8 Å². The Morgan fingerprint density at radius 1 is 1.26 bits per heavy atom. The zero-order chi connectivity index (χ0) is 16.2. The number of H-pyrrole nitrogens is 1. The van der Waals surface area contributed by atoms with Crippen molar-refractivity contribution in [3.63, 3.8) is 0 Å². The third-order valence-electron chi connectivity index (χ3n) is 3.23. The van der Waals surface area contributed by atoms with Crippen LogP contribution >= 0.6 is 23.4 Å². The van der Waals surface area contributed by atoms with Crippen LogP contribution in [0.25, 0.3) is 0 Å². The normalized spacial score (nSPS) is 10.9. The van der Waals surface area contributed by atoms with Crippen molar-refractivity contribution < 1.29 is 9.26 Å². The average molecular weight is 351 g/mol. The van der Waals surface area contributed by atoms with Crippen molar-refractivity contribution in [2.75, 3.05) is 0 Å². The summed E-state index contributed by atoms with van der Waals surface area (Å²) in [4.78, 5) is 4.40. The largest absolute Gasteiger partial charge is 0.486 e. The van der Waals surface area contributed by atoms with E-state index in [-0.39, 0.29) is 0 Å². The number of nitrogens with one attached hydrogen (secondary N) is 1. The predicted octanol–water partition coefficient (Wildman–Crippen LogP) is 3.93. The van der Waals surface area contributed by atoms with Crippen molar-refractivity contribution in [2.45, 2.75) is 31.4 Å². The Morgan fingerprint density at radius 3 is 2.74 bits per heavy atom. The van der Waals surface area contributed by atoms with Crippen LogP contribution in [-0.4, -0.2) is 20.3 Å². The van der Waals surface area contributed by atoms with Gasteiger partial charge >= 0.3 is 0 Å². The number of hydrogen-bond acceptors (Lipinski definition) is 6. The lowest BCUT2D eigenvalue weighted by Crippen LogP contribution is -1.97. The highest BCUT2D eigenvalue weighted by Crippen LogP contribution is 2.23. The third-order valence-corrected chi connectivity index (χ3v) is 4.35. The number of aromatic amines is 1. The molecule has 2 aromatic heterocycles. The molecule has 0 spiro atoms. The molecule has 2 heterocycles. The topological polar surface area (TPSA) is 76.8 Å². The van der Waals surface area contributed by atoms with E-state index in [0.29, 0.717) is 22.6 Å². The first-order chi connectivity index (χ1) is 11.1. The SMILES string of the molecule is Cc1noc(C)c1CSc1n[nH]c(COc2ccc(Cl)cc2)n1. The highest BCUT2D eigenvalue weighted by Gasteiger charge is 2.11. The molecule has 23 heavy (non-hydrogen) atoms. The van der Waals surface area contributed by atoms with Crippen LogP contribution in [0.3, 0.4) is 0 Å². The Kier molecular flexibility index (Phi) is 4.88. The summed E-state index contributed by atoms with van der Waals surface area (Å²) in [6.07, 6.45) is 0. The minimum atomic E-state index is 0.320. The molecule has 0 aliphatic heterocycles. The summed E-state index contributed by atoms with van der Waals surface area (Å²) in [5.41, 5.74) is 1.98. The molecule has 0 amide bonds. The number of aryl methyl sites for hydroxylation is 2. The summed E-state index contributed by atoms with van der Waals surface area (Å²) in [5.74, 6) is 2.95. The molecule has 0 atom stereocenters. The van der Waals surface area contributed by atoms with Crippen LogP contribution in [0.15, 0.2) is 33.9 Å². The van der Waals surface area contributed by atoms with Crippen molar-refractivity contribution >= 4 is 23.4 Å². The summed E-state index contributed by atoms with van der Waals surface area (Å²) in [5, 5.41) is 12.3. The van der Waals surface area contributed by atoms with Crippen molar-refractivity contribution in [2.24, 2.45) is 0 Å². The Labute approximate surface area is 142 Å². The monoisotopic (exact) mass is 350 g/mol. The highest BCUT2D eigenvalue weighted by atomic mass is 35.5. The Balaban J connectivity index is 1.54. The van der Waals surface area contributed by atoms with Crippen molar-refractivity contribution in [3.05, 3.63) is 52.1 Å². The van der Waals surface area contributed by atoms with Crippen LogP contribution in [-0.2, 0) is 12.4 Å². The van der Waals surface area contributed by atoms with E-state index in [1.54, 1.807) is 12.1 Å². The second kappa shape index (κ2) is 7.06. The second-order valence-corrected chi connectivity index (χ2v) is 6.28. The quantitative estimate of drug-likeness (QED) is 0.678. The number of rotatable bonds is 6. The summed E-state index contributed by atoms with van der Waals surface area (Å²) in [6.45, 7) is 4.15. The number of benzene rings is 1. The first kappa shape index (κ1) is 15.9. The van der Waals surface area contributed by atoms with Gasteiger partial charge in [0.25, 0.3) is 0 Å². The van der Waals surface area contributed by atoms with Crippen LogP contribution in [0.5, 0.6) is 5.75 Å². The lowest BCUT2D eigenvalue weighted by atomic mass is 10.2. The van der Waals surface area contributed by atoms with E-state index in [1.165, 1.54) is 11.8 Å². The molecule has 0 aliphatic rings. The Hall–Kier alpha value is -1.99. The summed E-state index contributed by atoms with van der Waals surface area (Å²) in [6, 6.07) is 7.18. The zero-order valence-electron chi connectivity index (χ0n) is 12.7. The van der Waals surface area contributed by atoms with Gasteiger partial charge < -0.3 is 9.26 Å². The van der Waals surface area contributed by atoms with Gasteiger partial charge in [0.15, 0.2) is 5.82 Å². The maximum atomic E-state index is 5.83. The molecule has 3 aromatic rings. The van der Waals surface area contributed by atoms with Crippen LogP contribution < -0.4 is 4.74 Å². The van der Waals surface area contributed by atoms with E-state index in [9.17, 15) is 0 Å². The van der Waals surface area contributed by atoms with Gasteiger partial charge in [0.2, 0.25) is 5.16 Å². The van der Waals surface area contributed by atoms with Crippen LogP contribution in [0.4, 0.5) is 0 Å². The molecule has 1 aromatic carbocycles. The molecule has 0 saturated carbocycles. The fourth-order valence-corrected chi connectivity index (χ4v) is 3.03. The van der Waals surface area contributed by atoms with Crippen LogP contribution in [0.1, 0.15) is 22.8 Å². The summed E-state index contributed by atoms with van der Waals surface area (Å²) >= 11 is 7.36. The van der Waals surface area contributed by atoms with Gasteiger partial charge in [-0.3, -0.25) is 5.10 Å². The van der Waals surface area contributed by atoms with Gasteiger partial charge in [-0.1, -0.05) is 28.5 Å². The number of nitrogens with zero attached hydrogens (tertiary/aromatic N) is 3. The molecule has 0 bridgehead atoms. The van der Waals surface area contributed by atoms with Crippen molar-refractivity contribution in [1.29, 1.82) is 0 Å². The van der Waals surface area contributed by atoms with Gasteiger partial charge in [0, 0.05) is 16.3 Å². The van der Waals surface area contributed by atoms with E-state index in [4.69, 9.17) is 20.9 Å². The fourth-order valence-electron chi connectivity index (χ4n) is 1.93. The van der Waals surface area contributed by atoms with E-state index in [1.807, 2.05) is 26.0 Å². The minimum Gasteiger partial charge on any atom is -0.486 e. The van der Waals surface area contributed by atoms with Crippen LogP contribution in [0.2, 0.25) is 5.02 Å². The zero-order valence-corrected chi connectivity index (χ0v) is 14.2. The molecule has 6 nitrogen and oxygen atoms in total. The van der Waals surface area contributed by atoms with Gasteiger partial charge in [-0.05, 0) is 38.1 Å². The number of thioether (sulfide) groups is 1.